The second kappa shape index (κ2) is 6.30. The zero-order chi connectivity index (χ0) is 10.4. The maximum Gasteiger partial charge on any atom is 0.251 e. The number of nitrogens with one attached hydrogen (secondary N) is 1. The molecule has 4 heteroatoms. The van der Waals surface area contributed by atoms with Crippen molar-refractivity contribution < 1.29 is 8.78 Å². The van der Waals surface area contributed by atoms with Crippen LogP contribution >= 0.6 is 0 Å². The van der Waals surface area contributed by atoms with Crippen molar-refractivity contribution in [2.45, 2.75) is 38.7 Å². The predicted octanol–water partition coefficient (Wildman–Crippen LogP) is 1.72. The Morgan fingerprint density at radius 3 is 2.93 bits per heavy atom. The summed E-state index contributed by atoms with van der Waals surface area (Å²) in [7, 11) is 0. The van der Waals surface area contributed by atoms with Gasteiger partial charge in [-0.25, -0.2) is 8.78 Å². The number of hydrogen-bond donors (Lipinski definition) is 1. The van der Waals surface area contributed by atoms with E-state index in [4.69, 9.17) is 0 Å². The van der Waals surface area contributed by atoms with E-state index in [1.807, 2.05) is 4.90 Å². The molecule has 1 saturated heterocycles. The first-order valence-corrected chi connectivity index (χ1v) is 5.46. The van der Waals surface area contributed by atoms with Crippen LogP contribution in [0.15, 0.2) is 0 Å². The van der Waals surface area contributed by atoms with Gasteiger partial charge in [-0.3, -0.25) is 4.90 Å². The second-order valence-corrected chi connectivity index (χ2v) is 3.94. The SMILES string of the molecule is CCCC1CN(CC(F)F)CCCN1. The zero-order valence-corrected chi connectivity index (χ0v) is 8.81. The summed E-state index contributed by atoms with van der Waals surface area (Å²) in [5.74, 6) is 0. The van der Waals surface area contributed by atoms with Gasteiger partial charge in [-0.15, -0.1) is 0 Å². The minimum atomic E-state index is -2.20. The Kier molecular flexibility index (Phi) is 5.33. The minimum absolute atomic E-state index is 0.0676. The molecule has 1 fully saturated rings. The molecule has 1 aliphatic heterocycles. The fourth-order valence-electron chi connectivity index (χ4n) is 1.98. The van der Waals surface area contributed by atoms with Crippen molar-refractivity contribution in [1.29, 1.82) is 0 Å². The lowest BCUT2D eigenvalue weighted by Gasteiger charge is -2.23. The van der Waals surface area contributed by atoms with Gasteiger partial charge in [0.05, 0.1) is 6.54 Å². The van der Waals surface area contributed by atoms with E-state index in [9.17, 15) is 8.78 Å². The fourth-order valence-corrected chi connectivity index (χ4v) is 1.98. The average molecular weight is 206 g/mol. The van der Waals surface area contributed by atoms with Crippen molar-refractivity contribution in [2.75, 3.05) is 26.2 Å². The molecule has 1 aliphatic rings. The molecule has 0 amide bonds. The Morgan fingerprint density at radius 2 is 2.29 bits per heavy atom. The normalized spacial score (nSPS) is 25.3. The maximum absolute atomic E-state index is 12.2. The first-order chi connectivity index (χ1) is 6.72. The molecule has 84 valence electrons. The Balaban J connectivity index is 2.34. The molecule has 0 saturated carbocycles. The second-order valence-electron chi connectivity index (χ2n) is 3.94. The molecule has 0 aromatic heterocycles. The van der Waals surface area contributed by atoms with Crippen molar-refractivity contribution in [3.05, 3.63) is 0 Å². The molecule has 2 nitrogen and oxygen atoms in total. The smallest absolute Gasteiger partial charge is 0.251 e. The highest BCUT2D eigenvalue weighted by Gasteiger charge is 2.19. The first-order valence-electron chi connectivity index (χ1n) is 5.46. The number of hydrogen-bond acceptors (Lipinski definition) is 2. The molecule has 1 heterocycles. The van der Waals surface area contributed by atoms with Crippen LogP contribution in [0.5, 0.6) is 0 Å². The van der Waals surface area contributed by atoms with E-state index >= 15 is 0 Å². The molecule has 1 N–H and O–H groups in total. The van der Waals surface area contributed by atoms with E-state index < -0.39 is 6.43 Å². The fraction of sp³-hybridized carbons (Fsp3) is 1.00. The lowest BCUT2D eigenvalue weighted by atomic mass is 10.1. The van der Waals surface area contributed by atoms with Gasteiger partial charge in [-0.1, -0.05) is 13.3 Å². The van der Waals surface area contributed by atoms with Crippen molar-refractivity contribution in [1.82, 2.24) is 10.2 Å². The summed E-state index contributed by atoms with van der Waals surface area (Å²) in [5.41, 5.74) is 0. The summed E-state index contributed by atoms with van der Waals surface area (Å²) < 4.78 is 24.4. The van der Waals surface area contributed by atoms with Gasteiger partial charge in [0, 0.05) is 12.6 Å². The number of nitrogens with zero attached hydrogens (tertiary/aromatic N) is 1. The third-order valence-electron chi connectivity index (χ3n) is 2.60. The highest BCUT2D eigenvalue weighted by atomic mass is 19.3. The molecular formula is C10H20F2N2. The molecule has 14 heavy (non-hydrogen) atoms. The summed E-state index contributed by atoms with van der Waals surface area (Å²) in [5, 5.41) is 3.40. The third-order valence-corrected chi connectivity index (χ3v) is 2.60. The van der Waals surface area contributed by atoms with Crippen LogP contribution in [-0.4, -0.2) is 43.5 Å². The molecular weight excluding hydrogens is 186 g/mol. The van der Waals surface area contributed by atoms with Crippen LogP contribution in [0.3, 0.4) is 0 Å². The molecule has 0 radical (unpaired) electrons. The Bertz CT molecular complexity index is 153. The standard InChI is InChI=1S/C10H20F2N2/c1-2-4-9-7-14(8-10(11)12)6-3-5-13-9/h9-10,13H,2-8H2,1H3. The van der Waals surface area contributed by atoms with Crippen LogP contribution in [0, 0.1) is 0 Å². The van der Waals surface area contributed by atoms with E-state index in [2.05, 4.69) is 12.2 Å². The van der Waals surface area contributed by atoms with Crippen LogP contribution in [0.4, 0.5) is 8.78 Å². The molecule has 0 spiro atoms. The zero-order valence-electron chi connectivity index (χ0n) is 8.81. The van der Waals surface area contributed by atoms with Gasteiger partial charge in [-0.2, -0.15) is 0 Å². The molecule has 1 atom stereocenters. The van der Waals surface area contributed by atoms with Gasteiger partial charge in [0.25, 0.3) is 6.43 Å². The highest BCUT2D eigenvalue weighted by molar-refractivity contribution is 4.76. The van der Waals surface area contributed by atoms with E-state index in [0.29, 0.717) is 6.04 Å². The average Bonchev–Trinajstić information content (AvgIpc) is 2.30. The lowest BCUT2D eigenvalue weighted by molar-refractivity contribution is 0.0870. The van der Waals surface area contributed by atoms with Crippen molar-refractivity contribution in [3.8, 4) is 0 Å². The van der Waals surface area contributed by atoms with E-state index in [1.165, 1.54) is 0 Å². The van der Waals surface area contributed by atoms with Crippen LogP contribution < -0.4 is 5.32 Å². The van der Waals surface area contributed by atoms with Crippen LogP contribution in [0.25, 0.3) is 0 Å². The summed E-state index contributed by atoms with van der Waals surface area (Å²) in [6.07, 6.45) is 0.975. The van der Waals surface area contributed by atoms with Gasteiger partial charge < -0.3 is 5.32 Å². The van der Waals surface area contributed by atoms with Crippen LogP contribution in [-0.2, 0) is 0 Å². The molecule has 0 bridgehead atoms. The summed E-state index contributed by atoms with van der Waals surface area (Å²) in [6, 6.07) is 0.404. The maximum atomic E-state index is 12.2. The first kappa shape index (κ1) is 11.9. The van der Waals surface area contributed by atoms with E-state index in [1.54, 1.807) is 0 Å². The predicted molar refractivity (Wildman–Crippen MR) is 53.8 cm³/mol. The van der Waals surface area contributed by atoms with Gasteiger partial charge in [0.1, 0.15) is 0 Å². The van der Waals surface area contributed by atoms with Gasteiger partial charge in [0.15, 0.2) is 0 Å². The van der Waals surface area contributed by atoms with Crippen molar-refractivity contribution in [3.63, 3.8) is 0 Å². The topological polar surface area (TPSA) is 15.3 Å². The molecule has 0 aromatic carbocycles. The quantitative estimate of drug-likeness (QED) is 0.753. The summed E-state index contributed by atoms with van der Waals surface area (Å²) in [6.45, 7) is 4.60. The number of alkyl halides is 2. The van der Waals surface area contributed by atoms with E-state index in [-0.39, 0.29) is 6.54 Å². The molecule has 0 aromatic rings. The Hall–Kier alpha value is -0.220. The number of halogens is 2. The Morgan fingerprint density at radius 1 is 1.50 bits per heavy atom. The molecule has 1 unspecified atom stereocenters. The van der Waals surface area contributed by atoms with Crippen LogP contribution in [0.2, 0.25) is 0 Å². The largest absolute Gasteiger partial charge is 0.313 e. The minimum Gasteiger partial charge on any atom is -0.313 e. The lowest BCUT2D eigenvalue weighted by Crippen LogP contribution is -2.39. The molecule has 1 rings (SSSR count). The van der Waals surface area contributed by atoms with Gasteiger partial charge in [-0.05, 0) is 25.9 Å². The summed E-state index contributed by atoms with van der Waals surface area (Å²) in [4.78, 5) is 1.88. The van der Waals surface area contributed by atoms with Crippen molar-refractivity contribution >= 4 is 0 Å². The van der Waals surface area contributed by atoms with Gasteiger partial charge in [0.2, 0.25) is 0 Å². The van der Waals surface area contributed by atoms with Gasteiger partial charge >= 0.3 is 0 Å². The summed E-state index contributed by atoms with van der Waals surface area (Å²) >= 11 is 0. The monoisotopic (exact) mass is 206 g/mol. The van der Waals surface area contributed by atoms with E-state index in [0.717, 1.165) is 38.9 Å². The molecule has 0 aliphatic carbocycles. The van der Waals surface area contributed by atoms with Crippen LogP contribution in [0.1, 0.15) is 26.2 Å². The highest BCUT2D eigenvalue weighted by Crippen LogP contribution is 2.07. The van der Waals surface area contributed by atoms with Crippen molar-refractivity contribution in [2.24, 2.45) is 0 Å². The Labute approximate surface area is 84.7 Å². The third kappa shape index (κ3) is 4.33. The number of rotatable bonds is 4.